The van der Waals surface area contributed by atoms with Crippen molar-refractivity contribution in [3.8, 4) is 5.75 Å². The molecule has 0 spiro atoms. The number of hydrogen-bond donors (Lipinski definition) is 1. The predicted octanol–water partition coefficient (Wildman–Crippen LogP) is 4.69. The highest BCUT2D eigenvalue weighted by molar-refractivity contribution is 9.10. The molecular weight excluding hydrogens is 333 g/mol. The monoisotopic (exact) mass is 351 g/mol. The molecule has 0 amide bonds. The van der Waals surface area contributed by atoms with Gasteiger partial charge in [-0.25, -0.2) is 4.39 Å². The van der Waals surface area contributed by atoms with Crippen LogP contribution in [0, 0.1) is 5.82 Å². The Balaban J connectivity index is 2.26. The number of benzene rings is 2. The summed E-state index contributed by atoms with van der Waals surface area (Å²) >= 11 is 3.49. The molecule has 2 rings (SSSR count). The number of hydrogen-bond acceptors (Lipinski definition) is 2. The van der Waals surface area contributed by atoms with Crippen molar-refractivity contribution in [1.29, 1.82) is 0 Å². The first-order valence-electron chi connectivity index (χ1n) is 7.00. The summed E-state index contributed by atoms with van der Waals surface area (Å²) in [6.07, 6.45) is 0.983. The molecule has 2 aromatic rings. The SMILES string of the molecule is CCCOc1ccc(C(NC)c2cc(F)ccc2Br)cc1. The highest BCUT2D eigenvalue weighted by Crippen LogP contribution is 2.30. The maximum absolute atomic E-state index is 13.5. The molecule has 112 valence electrons. The molecule has 0 aromatic heterocycles. The number of nitrogens with one attached hydrogen (secondary N) is 1. The lowest BCUT2D eigenvalue weighted by atomic mass is 9.98. The Kier molecular flexibility index (Phi) is 5.76. The van der Waals surface area contributed by atoms with Gasteiger partial charge in [-0.3, -0.25) is 0 Å². The molecule has 0 heterocycles. The van der Waals surface area contributed by atoms with Gasteiger partial charge in [0.15, 0.2) is 0 Å². The molecule has 4 heteroatoms. The third-order valence-electron chi connectivity index (χ3n) is 3.24. The minimum Gasteiger partial charge on any atom is -0.494 e. The summed E-state index contributed by atoms with van der Waals surface area (Å²) < 4.78 is 20.0. The minimum absolute atomic E-state index is 0.0738. The van der Waals surface area contributed by atoms with Gasteiger partial charge in [0.1, 0.15) is 11.6 Å². The summed E-state index contributed by atoms with van der Waals surface area (Å²) in [5, 5.41) is 3.23. The minimum atomic E-state index is -0.239. The Morgan fingerprint density at radius 1 is 1.19 bits per heavy atom. The normalized spacial score (nSPS) is 12.2. The summed E-state index contributed by atoms with van der Waals surface area (Å²) in [6, 6.07) is 12.6. The van der Waals surface area contributed by atoms with E-state index in [1.807, 2.05) is 31.3 Å². The lowest BCUT2D eigenvalue weighted by Crippen LogP contribution is -2.18. The highest BCUT2D eigenvalue weighted by Gasteiger charge is 2.15. The van der Waals surface area contributed by atoms with Crippen LogP contribution in [0.2, 0.25) is 0 Å². The highest BCUT2D eigenvalue weighted by atomic mass is 79.9. The van der Waals surface area contributed by atoms with Gasteiger partial charge < -0.3 is 10.1 Å². The summed E-state index contributed by atoms with van der Waals surface area (Å²) in [7, 11) is 1.86. The topological polar surface area (TPSA) is 21.3 Å². The van der Waals surface area contributed by atoms with Crippen LogP contribution in [0.5, 0.6) is 5.75 Å². The van der Waals surface area contributed by atoms with Crippen LogP contribution in [0.4, 0.5) is 4.39 Å². The first-order valence-corrected chi connectivity index (χ1v) is 7.80. The van der Waals surface area contributed by atoms with E-state index in [-0.39, 0.29) is 11.9 Å². The maximum atomic E-state index is 13.5. The Morgan fingerprint density at radius 2 is 1.90 bits per heavy atom. The maximum Gasteiger partial charge on any atom is 0.123 e. The first-order chi connectivity index (χ1) is 10.2. The van der Waals surface area contributed by atoms with Crippen molar-refractivity contribution >= 4 is 15.9 Å². The van der Waals surface area contributed by atoms with E-state index in [4.69, 9.17) is 4.74 Å². The van der Waals surface area contributed by atoms with Crippen molar-refractivity contribution in [2.75, 3.05) is 13.7 Å². The van der Waals surface area contributed by atoms with E-state index in [9.17, 15) is 4.39 Å². The molecule has 0 fully saturated rings. The Bertz CT molecular complexity index is 586. The van der Waals surface area contributed by atoms with Gasteiger partial charge in [-0.2, -0.15) is 0 Å². The Labute approximate surface area is 133 Å². The first kappa shape index (κ1) is 16.0. The smallest absolute Gasteiger partial charge is 0.123 e. The standard InChI is InChI=1S/C17H19BrFNO/c1-3-10-21-14-7-4-12(5-8-14)17(20-2)15-11-13(19)6-9-16(15)18/h4-9,11,17,20H,3,10H2,1-2H3. The zero-order valence-electron chi connectivity index (χ0n) is 12.2. The third kappa shape index (κ3) is 4.05. The third-order valence-corrected chi connectivity index (χ3v) is 3.97. The van der Waals surface area contributed by atoms with Crippen molar-refractivity contribution in [1.82, 2.24) is 5.32 Å². The van der Waals surface area contributed by atoms with E-state index >= 15 is 0 Å². The van der Waals surface area contributed by atoms with Gasteiger partial charge in [0.25, 0.3) is 0 Å². The van der Waals surface area contributed by atoms with E-state index in [0.717, 1.165) is 27.8 Å². The van der Waals surface area contributed by atoms with Gasteiger partial charge in [-0.1, -0.05) is 35.0 Å². The summed E-state index contributed by atoms with van der Waals surface area (Å²) in [4.78, 5) is 0. The van der Waals surface area contributed by atoms with Crippen LogP contribution in [0.25, 0.3) is 0 Å². The van der Waals surface area contributed by atoms with E-state index in [1.54, 1.807) is 12.1 Å². The van der Waals surface area contributed by atoms with Crippen molar-refractivity contribution in [3.63, 3.8) is 0 Å². The van der Waals surface area contributed by atoms with Gasteiger partial charge in [0, 0.05) is 4.47 Å². The second-order valence-electron chi connectivity index (χ2n) is 4.81. The summed E-state index contributed by atoms with van der Waals surface area (Å²) in [5.74, 6) is 0.616. The largest absolute Gasteiger partial charge is 0.494 e. The molecule has 0 bridgehead atoms. The molecule has 0 radical (unpaired) electrons. The molecule has 1 atom stereocenters. The van der Waals surface area contributed by atoms with Crippen molar-refractivity contribution in [3.05, 3.63) is 63.9 Å². The lowest BCUT2D eigenvalue weighted by molar-refractivity contribution is 0.317. The second kappa shape index (κ2) is 7.57. The Morgan fingerprint density at radius 3 is 2.52 bits per heavy atom. The molecule has 0 aliphatic heterocycles. The van der Waals surface area contributed by atoms with Crippen LogP contribution in [-0.4, -0.2) is 13.7 Å². The van der Waals surface area contributed by atoms with Crippen LogP contribution in [0.15, 0.2) is 46.9 Å². The van der Waals surface area contributed by atoms with Crippen LogP contribution >= 0.6 is 15.9 Å². The Hall–Kier alpha value is -1.39. The average Bonchev–Trinajstić information content (AvgIpc) is 2.50. The van der Waals surface area contributed by atoms with E-state index in [1.165, 1.54) is 6.07 Å². The number of halogens is 2. The van der Waals surface area contributed by atoms with E-state index < -0.39 is 0 Å². The van der Waals surface area contributed by atoms with Gasteiger partial charge in [0.05, 0.1) is 12.6 Å². The van der Waals surface area contributed by atoms with Crippen molar-refractivity contribution < 1.29 is 9.13 Å². The van der Waals surface area contributed by atoms with Crippen molar-refractivity contribution in [2.45, 2.75) is 19.4 Å². The molecule has 0 aliphatic carbocycles. The summed E-state index contributed by atoms with van der Waals surface area (Å²) in [6.45, 7) is 2.79. The zero-order valence-corrected chi connectivity index (χ0v) is 13.8. The van der Waals surface area contributed by atoms with Crippen LogP contribution in [0.3, 0.4) is 0 Å². The molecule has 0 saturated heterocycles. The van der Waals surface area contributed by atoms with E-state index in [2.05, 4.69) is 28.2 Å². The van der Waals surface area contributed by atoms with Crippen LogP contribution in [-0.2, 0) is 0 Å². The van der Waals surface area contributed by atoms with Gasteiger partial charge in [0.2, 0.25) is 0 Å². The molecule has 0 saturated carbocycles. The van der Waals surface area contributed by atoms with Gasteiger partial charge >= 0.3 is 0 Å². The molecule has 2 aromatic carbocycles. The van der Waals surface area contributed by atoms with E-state index in [0.29, 0.717) is 6.61 Å². The fourth-order valence-corrected chi connectivity index (χ4v) is 2.69. The van der Waals surface area contributed by atoms with Gasteiger partial charge in [-0.15, -0.1) is 0 Å². The molecule has 1 N–H and O–H groups in total. The molecule has 1 unspecified atom stereocenters. The van der Waals surface area contributed by atoms with Crippen molar-refractivity contribution in [2.24, 2.45) is 0 Å². The van der Waals surface area contributed by atoms with Gasteiger partial charge in [-0.05, 0) is 54.9 Å². The second-order valence-corrected chi connectivity index (χ2v) is 5.66. The van der Waals surface area contributed by atoms with Crippen LogP contribution < -0.4 is 10.1 Å². The number of ether oxygens (including phenoxy) is 1. The molecule has 21 heavy (non-hydrogen) atoms. The fraction of sp³-hybridized carbons (Fsp3) is 0.294. The molecule has 2 nitrogen and oxygen atoms in total. The summed E-state index contributed by atoms with van der Waals surface area (Å²) in [5.41, 5.74) is 1.94. The zero-order chi connectivity index (χ0) is 15.2. The predicted molar refractivity (Wildman–Crippen MR) is 87.2 cm³/mol. The average molecular weight is 352 g/mol. The molecular formula is C17H19BrFNO. The van der Waals surface area contributed by atoms with Crippen LogP contribution in [0.1, 0.15) is 30.5 Å². The number of rotatable bonds is 6. The quantitative estimate of drug-likeness (QED) is 0.815. The molecule has 0 aliphatic rings. The lowest BCUT2D eigenvalue weighted by Gasteiger charge is -2.19. The fourth-order valence-electron chi connectivity index (χ4n) is 2.21.